The monoisotopic (exact) mass is 413 g/mol. The topological polar surface area (TPSA) is 128 Å². The molecule has 148 valence electrons. The van der Waals surface area contributed by atoms with Crippen LogP contribution in [0.25, 0.3) is 10.2 Å². The van der Waals surface area contributed by atoms with Gasteiger partial charge in [0.1, 0.15) is 15.5 Å². The highest BCUT2D eigenvalue weighted by Crippen LogP contribution is 2.30. The summed E-state index contributed by atoms with van der Waals surface area (Å²) in [6.45, 7) is 3.02. The van der Waals surface area contributed by atoms with Gasteiger partial charge in [0.05, 0.1) is 23.4 Å². The molecule has 0 saturated heterocycles. The third-order valence-corrected chi connectivity index (χ3v) is 5.95. The zero-order chi connectivity index (χ0) is 20.9. The van der Waals surface area contributed by atoms with Crippen LogP contribution in [0, 0.1) is 6.92 Å². The van der Waals surface area contributed by atoms with Crippen LogP contribution in [0.2, 0.25) is 0 Å². The largest absolute Gasteiger partial charge is 0.482 e. The third-order valence-electron chi connectivity index (χ3n) is 4.76. The molecule has 1 unspecified atom stereocenters. The van der Waals surface area contributed by atoms with Gasteiger partial charge in [-0.2, -0.15) is 0 Å². The number of carboxylic acids is 1. The number of hydrogen-bond acceptors (Lipinski definition) is 7. The molecule has 2 aromatic heterocycles. The molecule has 1 aromatic carbocycles. The number of aromatic carboxylic acids is 1. The molecule has 10 heteroatoms. The van der Waals surface area contributed by atoms with E-state index in [1.54, 1.807) is 26.0 Å². The molecule has 0 radical (unpaired) electrons. The van der Waals surface area contributed by atoms with Crippen molar-refractivity contribution in [1.82, 2.24) is 9.55 Å². The number of anilines is 1. The predicted octanol–water partition coefficient (Wildman–Crippen LogP) is 2.24. The number of hydrogen-bond donors (Lipinski definition) is 2. The minimum atomic E-state index is -1.13. The second-order valence-corrected chi connectivity index (χ2v) is 7.59. The van der Waals surface area contributed by atoms with Crippen LogP contribution in [0.15, 0.2) is 29.3 Å². The van der Waals surface area contributed by atoms with Crippen LogP contribution in [0.5, 0.6) is 5.75 Å². The van der Waals surface area contributed by atoms with Gasteiger partial charge in [-0.25, -0.2) is 9.78 Å². The van der Waals surface area contributed by atoms with Gasteiger partial charge in [0.25, 0.3) is 11.5 Å². The predicted molar refractivity (Wildman–Crippen MR) is 105 cm³/mol. The van der Waals surface area contributed by atoms with E-state index in [0.717, 1.165) is 11.3 Å². The maximum Gasteiger partial charge on any atom is 0.346 e. The number of rotatable bonds is 4. The quantitative estimate of drug-likeness (QED) is 0.628. The Morgan fingerprint density at radius 1 is 1.34 bits per heavy atom. The van der Waals surface area contributed by atoms with Crippen LogP contribution in [0.4, 0.5) is 5.69 Å². The first-order valence-corrected chi connectivity index (χ1v) is 9.44. The minimum Gasteiger partial charge on any atom is -0.482 e. The number of carbonyl (C=O) groups excluding carboxylic acids is 2. The molecule has 0 bridgehead atoms. The van der Waals surface area contributed by atoms with Gasteiger partial charge in [-0.1, -0.05) is 0 Å². The molecule has 3 aromatic rings. The van der Waals surface area contributed by atoms with E-state index in [9.17, 15) is 24.3 Å². The highest BCUT2D eigenvalue weighted by Gasteiger charge is 2.25. The van der Waals surface area contributed by atoms with Gasteiger partial charge in [0, 0.05) is 5.56 Å². The van der Waals surface area contributed by atoms with E-state index in [1.807, 2.05) is 0 Å². The van der Waals surface area contributed by atoms with Gasteiger partial charge in [-0.05, 0) is 37.6 Å². The first-order chi connectivity index (χ1) is 13.8. The summed E-state index contributed by atoms with van der Waals surface area (Å²) in [4.78, 5) is 53.3. The highest BCUT2D eigenvalue weighted by atomic mass is 32.1. The van der Waals surface area contributed by atoms with Crippen molar-refractivity contribution in [1.29, 1.82) is 0 Å². The maximum atomic E-state index is 13.0. The zero-order valence-electron chi connectivity index (χ0n) is 15.4. The Balaban J connectivity index is 1.74. The molecule has 0 fully saturated rings. The van der Waals surface area contributed by atoms with Crippen LogP contribution < -0.4 is 15.6 Å². The standard InChI is InChI=1S/C19H15N3O6S/c1-8-14-17(29-16(8)19(26)27)20-7-22(18(14)25)9(2)15(24)10-3-4-12-11(5-10)21-13(23)6-28-12/h3-5,7,9H,6H2,1-2H3,(H,21,23)(H,26,27). The number of Topliss-reactive ketones (excluding diaryl/α,β-unsaturated/α-hetero) is 1. The van der Waals surface area contributed by atoms with Crippen molar-refractivity contribution in [2.75, 3.05) is 11.9 Å². The number of carbonyl (C=O) groups is 3. The number of ether oxygens (including phenoxy) is 1. The Morgan fingerprint density at radius 2 is 2.10 bits per heavy atom. The number of carboxylic acid groups (broad SMARTS) is 1. The van der Waals surface area contributed by atoms with Crippen LogP contribution >= 0.6 is 11.3 Å². The molecule has 0 spiro atoms. The van der Waals surface area contributed by atoms with Crippen molar-refractivity contribution in [2.24, 2.45) is 0 Å². The van der Waals surface area contributed by atoms with Crippen molar-refractivity contribution >= 4 is 44.9 Å². The van der Waals surface area contributed by atoms with Gasteiger partial charge < -0.3 is 15.2 Å². The van der Waals surface area contributed by atoms with Crippen molar-refractivity contribution in [2.45, 2.75) is 19.9 Å². The molecule has 4 rings (SSSR count). The van der Waals surface area contributed by atoms with E-state index in [4.69, 9.17) is 4.74 Å². The van der Waals surface area contributed by atoms with Gasteiger partial charge in [-0.3, -0.25) is 19.0 Å². The fraction of sp³-hybridized carbons (Fsp3) is 0.211. The summed E-state index contributed by atoms with van der Waals surface area (Å²) >= 11 is 0.924. The Hall–Kier alpha value is -3.53. The van der Waals surface area contributed by atoms with Gasteiger partial charge >= 0.3 is 5.97 Å². The molecule has 1 amide bonds. The van der Waals surface area contributed by atoms with E-state index in [0.29, 0.717) is 27.4 Å². The van der Waals surface area contributed by atoms with Crippen molar-refractivity contribution in [3.8, 4) is 5.75 Å². The lowest BCUT2D eigenvalue weighted by atomic mass is 10.0. The normalized spacial score (nSPS) is 14.1. The average molecular weight is 413 g/mol. The van der Waals surface area contributed by atoms with Gasteiger partial charge in [0.15, 0.2) is 12.4 Å². The van der Waals surface area contributed by atoms with E-state index in [2.05, 4.69) is 10.3 Å². The molecule has 3 heterocycles. The zero-order valence-corrected chi connectivity index (χ0v) is 16.2. The second kappa shape index (κ2) is 6.82. The Morgan fingerprint density at radius 3 is 2.83 bits per heavy atom. The fourth-order valence-electron chi connectivity index (χ4n) is 3.22. The summed E-state index contributed by atoms with van der Waals surface area (Å²) in [6.07, 6.45) is 1.25. The Bertz CT molecular complexity index is 1260. The van der Waals surface area contributed by atoms with Crippen LogP contribution in [0.1, 0.15) is 38.6 Å². The molecule has 1 aliphatic rings. The smallest absolute Gasteiger partial charge is 0.346 e. The molecule has 0 aliphatic carbocycles. The Kier molecular flexibility index (Phi) is 4.42. The molecule has 9 nitrogen and oxygen atoms in total. The van der Waals surface area contributed by atoms with E-state index < -0.39 is 17.6 Å². The summed E-state index contributed by atoms with van der Waals surface area (Å²) < 4.78 is 6.47. The number of ketones is 1. The minimum absolute atomic E-state index is 0.0479. The van der Waals surface area contributed by atoms with E-state index in [1.165, 1.54) is 17.0 Å². The third kappa shape index (κ3) is 3.07. The van der Waals surface area contributed by atoms with Crippen molar-refractivity contribution < 1.29 is 24.2 Å². The number of nitrogens with one attached hydrogen (secondary N) is 1. The maximum absolute atomic E-state index is 13.0. The van der Waals surface area contributed by atoms with E-state index in [-0.39, 0.29) is 28.6 Å². The highest BCUT2D eigenvalue weighted by molar-refractivity contribution is 7.20. The van der Waals surface area contributed by atoms with Crippen molar-refractivity contribution in [3.63, 3.8) is 0 Å². The lowest BCUT2D eigenvalue weighted by molar-refractivity contribution is -0.118. The number of aryl methyl sites for hydroxylation is 1. The number of aromatic nitrogens is 2. The Labute approximate surface area is 167 Å². The summed E-state index contributed by atoms with van der Waals surface area (Å²) in [7, 11) is 0. The van der Waals surface area contributed by atoms with E-state index >= 15 is 0 Å². The fourth-order valence-corrected chi connectivity index (χ4v) is 4.20. The average Bonchev–Trinajstić information content (AvgIpc) is 3.04. The number of amides is 1. The van der Waals surface area contributed by atoms with Crippen LogP contribution in [-0.2, 0) is 4.79 Å². The first-order valence-electron chi connectivity index (χ1n) is 8.62. The van der Waals surface area contributed by atoms with Crippen LogP contribution in [0.3, 0.4) is 0 Å². The van der Waals surface area contributed by atoms with Crippen molar-refractivity contribution in [3.05, 3.63) is 50.9 Å². The molecule has 0 saturated carbocycles. The van der Waals surface area contributed by atoms with Gasteiger partial charge in [-0.15, -0.1) is 11.3 Å². The summed E-state index contributed by atoms with van der Waals surface area (Å²) in [5, 5.41) is 12.1. The first kappa shape index (κ1) is 18.8. The molecule has 1 atom stereocenters. The summed E-state index contributed by atoms with van der Waals surface area (Å²) in [5.41, 5.74) is 0.534. The summed E-state index contributed by atoms with van der Waals surface area (Å²) in [5.74, 6) is -1.34. The number of thiophene rings is 1. The molecular formula is C19H15N3O6S. The van der Waals surface area contributed by atoms with Crippen LogP contribution in [-0.4, -0.2) is 38.9 Å². The SMILES string of the molecule is Cc1c(C(=O)O)sc2ncn(C(C)C(=O)c3ccc4c(c3)NC(=O)CO4)c(=O)c12. The molecule has 2 N–H and O–H groups in total. The number of fused-ring (bicyclic) bond motifs is 2. The summed E-state index contributed by atoms with van der Waals surface area (Å²) in [6, 6.07) is 3.76. The number of nitrogens with zero attached hydrogens (tertiary/aromatic N) is 2. The molecular weight excluding hydrogens is 398 g/mol. The molecule has 1 aliphatic heterocycles. The second-order valence-electron chi connectivity index (χ2n) is 6.59. The lowest BCUT2D eigenvalue weighted by Crippen LogP contribution is -2.29. The lowest BCUT2D eigenvalue weighted by Gasteiger charge is -2.19. The number of benzene rings is 1. The van der Waals surface area contributed by atoms with Gasteiger partial charge in [0.2, 0.25) is 0 Å². The molecule has 29 heavy (non-hydrogen) atoms.